The number of carbonyl (C=O) groups is 1. The fourth-order valence-electron chi connectivity index (χ4n) is 0.930. The molecule has 0 saturated carbocycles. The van der Waals surface area contributed by atoms with E-state index >= 15 is 0 Å². The van der Waals surface area contributed by atoms with E-state index in [1.54, 1.807) is 31.3 Å². The maximum atomic E-state index is 11.0. The Bertz CT molecular complexity index is 454. The molecular weight excluding hydrogens is 220 g/mol. The third-order valence-electron chi connectivity index (χ3n) is 1.77. The fraction of sp³-hybridized carbons (Fsp3) is 0.182. The van der Waals surface area contributed by atoms with Crippen molar-refractivity contribution in [2.75, 3.05) is 0 Å². The molecule has 0 aliphatic rings. The van der Waals surface area contributed by atoms with Gasteiger partial charge in [0.15, 0.2) is 5.84 Å². The number of aliphatic imine (C=N–C) groups is 1. The number of nitriles is 1. The van der Waals surface area contributed by atoms with Crippen molar-refractivity contribution in [1.29, 1.82) is 5.26 Å². The van der Waals surface area contributed by atoms with Gasteiger partial charge in [0.25, 0.3) is 0 Å². The lowest BCUT2D eigenvalue weighted by molar-refractivity contribution is -0.121. The van der Waals surface area contributed by atoms with Crippen LogP contribution < -0.4 is 10.9 Å². The van der Waals surface area contributed by atoms with Crippen LogP contribution in [0, 0.1) is 11.5 Å². The number of carbonyl (C=O) groups excluding carboxylic acids is 1. The van der Waals surface area contributed by atoms with E-state index in [9.17, 15) is 4.79 Å². The summed E-state index contributed by atoms with van der Waals surface area (Å²) in [6, 6.07) is 3.50. The van der Waals surface area contributed by atoms with Crippen molar-refractivity contribution in [3.8, 4) is 6.19 Å². The van der Waals surface area contributed by atoms with Gasteiger partial charge in [-0.05, 0) is 24.3 Å². The zero-order valence-corrected chi connectivity index (χ0v) is 9.30. The van der Waals surface area contributed by atoms with Crippen LogP contribution in [0.25, 0.3) is 6.08 Å². The first kappa shape index (κ1) is 12.5. The molecule has 0 unspecified atom stereocenters. The van der Waals surface area contributed by atoms with Gasteiger partial charge in [-0.3, -0.25) is 15.6 Å². The molecule has 88 valence electrons. The van der Waals surface area contributed by atoms with Gasteiger partial charge in [-0.15, -0.1) is 0 Å². The Balaban J connectivity index is 2.59. The Labute approximate surface area is 98.6 Å². The first-order valence-electron chi connectivity index (χ1n) is 4.99. The van der Waals surface area contributed by atoms with Crippen molar-refractivity contribution in [3.05, 3.63) is 30.2 Å². The smallest absolute Gasteiger partial charge is 0.238 e. The first-order chi connectivity index (χ1) is 8.26. The predicted octanol–water partition coefficient (Wildman–Crippen LogP) is 1.20. The second-order valence-corrected chi connectivity index (χ2v) is 2.97. The Morgan fingerprint density at radius 1 is 1.65 bits per heavy atom. The molecule has 1 aromatic rings. The average molecular weight is 232 g/mol. The summed E-state index contributed by atoms with van der Waals surface area (Å²) in [6.45, 7) is 1.72. The Hall–Kier alpha value is -2.55. The van der Waals surface area contributed by atoms with Gasteiger partial charge in [0.05, 0.1) is 6.26 Å². The van der Waals surface area contributed by atoms with Gasteiger partial charge in [-0.1, -0.05) is 6.92 Å². The Kier molecular flexibility index (Phi) is 5.04. The van der Waals surface area contributed by atoms with Crippen LogP contribution in [0.4, 0.5) is 0 Å². The highest BCUT2D eigenvalue weighted by Crippen LogP contribution is 2.01. The molecule has 0 saturated heterocycles. The monoisotopic (exact) mass is 232 g/mol. The lowest BCUT2D eigenvalue weighted by Crippen LogP contribution is -2.40. The van der Waals surface area contributed by atoms with E-state index in [0.717, 1.165) is 0 Å². The lowest BCUT2D eigenvalue weighted by Gasteiger charge is -2.05. The van der Waals surface area contributed by atoms with E-state index in [1.165, 1.54) is 12.3 Å². The molecule has 6 heteroatoms. The van der Waals surface area contributed by atoms with Crippen LogP contribution in [-0.2, 0) is 4.79 Å². The molecule has 0 bridgehead atoms. The SMILES string of the molecule is CCC(=O)NNC(C=Cc1ccco1)=NC#N. The minimum atomic E-state index is -0.193. The highest BCUT2D eigenvalue weighted by molar-refractivity contribution is 5.97. The van der Waals surface area contributed by atoms with Crippen LogP contribution in [-0.4, -0.2) is 11.7 Å². The molecule has 2 N–H and O–H groups in total. The number of nitrogens with zero attached hydrogens (tertiary/aromatic N) is 2. The van der Waals surface area contributed by atoms with E-state index in [4.69, 9.17) is 9.68 Å². The molecule has 17 heavy (non-hydrogen) atoms. The molecule has 0 aliphatic heterocycles. The van der Waals surface area contributed by atoms with Crippen LogP contribution in [0.1, 0.15) is 19.1 Å². The number of nitrogens with one attached hydrogen (secondary N) is 2. The molecule has 0 fully saturated rings. The van der Waals surface area contributed by atoms with Crippen LogP contribution in [0.3, 0.4) is 0 Å². The van der Waals surface area contributed by atoms with Gasteiger partial charge in [0, 0.05) is 6.42 Å². The van der Waals surface area contributed by atoms with Crippen molar-refractivity contribution in [2.24, 2.45) is 4.99 Å². The highest BCUT2D eigenvalue weighted by Gasteiger charge is 1.98. The summed E-state index contributed by atoms with van der Waals surface area (Å²) >= 11 is 0. The van der Waals surface area contributed by atoms with Crippen molar-refractivity contribution in [1.82, 2.24) is 10.9 Å². The second-order valence-electron chi connectivity index (χ2n) is 2.97. The standard InChI is InChI=1S/C11H12N4O2/c1-2-11(16)15-14-10(13-8-12)6-5-9-4-3-7-17-9/h3-7H,2H2,1H3,(H,13,14)(H,15,16). The van der Waals surface area contributed by atoms with Gasteiger partial charge in [-0.2, -0.15) is 10.3 Å². The van der Waals surface area contributed by atoms with Gasteiger partial charge in [-0.25, -0.2) is 0 Å². The van der Waals surface area contributed by atoms with E-state index in [1.807, 2.05) is 0 Å². The summed E-state index contributed by atoms with van der Waals surface area (Å²) in [5.74, 6) is 0.659. The van der Waals surface area contributed by atoms with Crippen LogP contribution >= 0.6 is 0 Å². The number of rotatable bonds is 3. The molecular formula is C11H12N4O2. The van der Waals surface area contributed by atoms with E-state index in [-0.39, 0.29) is 11.7 Å². The predicted molar refractivity (Wildman–Crippen MR) is 62.4 cm³/mol. The zero-order valence-electron chi connectivity index (χ0n) is 9.30. The number of hydrogen-bond donors (Lipinski definition) is 2. The third kappa shape index (κ3) is 4.66. The Morgan fingerprint density at radius 2 is 2.47 bits per heavy atom. The van der Waals surface area contributed by atoms with Gasteiger partial charge in [0.1, 0.15) is 5.76 Å². The Morgan fingerprint density at radius 3 is 3.06 bits per heavy atom. The van der Waals surface area contributed by atoms with Crippen LogP contribution in [0.15, 0.2) is 33.9 Å². The van der Waals surface area contributed by atoms with Crippen molar-refractivity contribution >= 4 is 17.8 Å². The molecule has 0 atom stereocenters. The number of amidine groups is 1. The summed E-state index contributed by atoms with van der Waals surface area (Å²) < 4.78 is 5.07. The van der Waals surface area contributed by atoms with Gasteiger partial charge in [0.2, 0.25) is 12.1 Å². The molecule has 1 heterocycles. The minimum Gasteiger partial charge on any atom is -0.465 e. The maximum Gasteiger partial charge on any atom is 0.238 e. The van der Waals surface area contributed by atoms with Crippen LogP contribution in [0.2, 0.25) is 0 Å². The van der Waals surface area contributed by atoms with Crippen molar-refractivity contribution in [2.45, 2.75) is 13.3 Å². The topological polar surface area (TPSA) is 90.4 Å². The normalized spacial score (nSPS) is 11.2. The summed E-state index contributed by atoms with van der Waals surface area (Å²) in [4.78, 5) is 14.5. The first-order valence-corrected chi connectivity index (χ1v) is 4.99. The fourth-order valence-corrected chi connectivity index (χ4v) is 0.930. The quantitative estimate of drug-likeness (QED) is 0.354. The number of amides is 1. The van der Waals surface area contributed by atoms with Crippen LogP contribution in [0.5, 0.6) is 0 Å². The molecule has 0 spiro atoms. The van der Waals surface area contributed by atoms with Crippen molar-refractivity contribution in [3.63, 3.8) is 0 Å². The average Bonchev–Trinajstić information content (AvgIpc) is 2.85. The van der Waals surface area contributed by atoms with Gasteiger partial charge >= 0.3 is 0 Å². The lowest BCUT2D eigenvalue weighted by atomic mass is 10.4. The minimum absolute atomic E-state index is 0.193. The van der Waals surface area contributed by atoms with Gasteiger partial charge < -0.3 is 4.42 Å². The number of hydrogen-bond acceptors (Lipinski definition) is 4. The largest absolute Gasteiger partial charge is 0.465 e. The molecule has 0 radical (unpaired) electrons. The maximum absolute atomic E-state index is 11.0. The molecule has 6 nitrogen and oxygen atoms in total. The number of hydrazine groups is 1. The summed E-state index contributed by atoms with van der Waals surface area (Å²) in [7, 11) is 0. The molecule has 0 aromatic carbocycles. The second kappa shape index (κ2) is 6.85. The summed E-state index contributed by atoms with van der Waals surface area (Å²) in [6.07, 6.45) is 6.66. The van der Waals surface area contributed by atoms with E-state index in [2.05, 4.69) is 15.8 Å². The summed E-state index contributed by atoms with van der Waals surface area (Å²) in [5.41, 5.74) is 4.93. The highest BCUT2D eigenvalue weighted by atomic mass is 16.3. The number of furan rings is 1. The third-order valence-corrected chi connectivity index (χ3v) is 1.77. The molecule has 1 amide bonds. The molecule has 1 rings (SSSR count). The molecule has 0 aliphatic carbocycles. The zero-order chi connectivity index (χ0) is 12.5. The summed E-state index contributed by atoms with van der Waals surface area (Å²) in [5, 5.41) is 8.47. The van der Waals surface area contributed by atoms with E-state index < -0.39 is 0 Å². The van der Waals surface area contributed by atoms with Crippen molar-refractivity contribution < 1.29 is 9.21 Å². The van der Waals surface area contributed by atoms with E-state index in [0.29, 0.717) is 12.2 Å². The molecule has 1 aromatic heterocycles.